The molecule has 1 saturated heterocycles. The van der Waals surface area contributed by atoms with E-state index in [1.807, 2.05) is 41.3 Å². The maximum absolute atomic E-state index is 13.5. The summed E-state index contributed by atoms with van der Waals surface area (Å²) in [5.74, 6) is -0.248. The van der Waals surface area contributed by atoms with Crippen LogP contribution in [0.4, 0.5) is 5.69 Å². The third-order valence-corrected chi connectivity index (χ3v) is 8.01. The second-order valence-corrected chi connectivity index (χ2v) is 9.74. The lowest BCUT2D eigenvalue weighted by Crippen LogP contribution is -2.50. The predicted octanol–water partition coefficient (Wildman–Crippen LogP) is 3.66. The minimum atomic E-state index is -1.54. The van der Waals surface area contributed by atoms with Crippen molar-refractivity contribution >= 4 is 22.4 Å². The average molecular weight is 459 g/mol. The molecule has 176 valence electrons. The molecule has 3 aliphatic rings. The maximum atomic E-state index is 13.5. The second kappa shape index (κ2) is 8.17. The van der Waals surface area contributed by atoms with E-state index in [1.165, 1.54) is 16.3 Å². The van der Waals surface area contributed by atoms with Crippen molar-refractivity contribution in [2.24, 2.45) is 0 Å². The number of hydrogen-bond donors (Lipinski definition) is 2. The Morgan fingerprint density at radius 2 is 1.71 bits per heavy atom. The van der Waals surface area contributed by atoms with E-state index in [1.54, 1.807) is 7.11 Å². The zero-order valence-corrected chi connectivity index (χ0v) is 19.4. The number of benzene rings is 3. The molecule has 2 N–H and O–H groups in total. The van der Waals surface area contributed by atoms with Gasteiger partial charge >= 0.3 is 0 Å². The quantitative estimate of drug-likeness (QED) is 0.611. The fourth-order valence-corrected chi connectivity index (χ4v) is 6.36. The van der Waals surface area contributed by atoms with Gasteiger partial charge in [-0.15, -0.1) is 0 Å². The summed E-state index contributed by atoms with van der Waals surface area (Å²) in [6, 6.07) is 20.0. The van der Waals surface area contributed by atoms with E-state index in [0.717, 1.165) is 37.2 Å². The van der Waals surface area contributed by atoms with Crippen LogP contribution in [0.5, 0.6) is 0 Å². The molecule has 0 radical (unpaired) electrons. The standard InChI is InChI=1S/C28H30N2O4/c1-34-17-14-28(33)22-10-2-3-11-23(22)30(27(28)32)19-12-15-29(16-13-19)25-20-8-4-6-18-7-5-9-21(24(18)20)26(25)31/h2-11,19,25-26,31,33H,12-17H2,1H3/t25-,26?,28?/m0/s1. The number of methoxy groups -OCH3 is 1. The monoisotopic (exact) mass is 458 g/mol. The molecular formula is C28H30N2O4. The lowest BCUT2D eigenvalue weighted by molar-refractivity contribution is -0.138. The number of para-hydroxylation sites is 1. The number of piperidine rings is 1. The van der Waals surface area contributed by atoms with E-state index in [0.29, 0.717) is 12.2 Å². The molecule has 0 aromatic heterocycles. The predicted molar refractivity (Wildman–Crippen MR) is 131 cm³/mol. The van der Waals surface area contributed by atoms with Crippen LogP contribution >= 0.6 is 0 Å². The molecule has 6 nitrogen and oxygen atoms in total. The average Bonchev–Trinajstić information content (AvgIpc) is 3.28. The van der Waals surface area contributed by atoms with Gasteiger partial charge in [0.1, 0.15) is 0 Å². The fraction of sp³-hybridized carbons (Fsp3) is 0.393. The number of amides is 1. The third-order valence-electron chi connectivity index (χ3n) is 8.01. The summed E-state index contributed by atoms with van der Waals surface area (Å²) in [5.41, 5.74) is 2.14. The Hall–Kier alpha value is -2.77. The number of aliphatic hydroxyl groups is 2. The van der Waals surface area contributed by atoms with Gasteiger partial charge in [0.2, 0.25) is 0 Å². The van der Waals surface area contributed by atoms with Gasteiger partial charge in [0.15, 0.2) is 5.60 Å². The minimum absolute atomic E-state index is 0.0122. The molecule has 2 heterocycles. The lowest BCUT2D eigenvalue weighted by atomic mass is 9.92. The molecule has 1 amide bonds. The largest absolute Gasteiger partial charge is 0.386 e. The number of carbonyl (C=O) groups is 1. The highest BCUT2D eigenvalue weighted by Crippen LogP contribution is 2.49. The summed E-state index contributed by atoms with van der Waals surface area (Å²) < 4.78 is 5.18. The Morgan fingerprint density at radius 3 is 2.44 bits per heavy atom. The number of rotatable bonds is 5. The molecule has 2 unspecified atom stereocenters. The van der Waals surface area contributed by atoms with Crippen LogP contribution in [0.15, 0.2) is 60.7 Å². The van der Waals surface area contributed by atoms with Crippen molar-refractivity contribution in [3.05, 3.63) is 77.4 Å². The Bertz CT molecular complexity index is 1250. The highest BCUT2D eigenvalue weighted by molar-refractivity contribution is 6.07. The number of ether oxygens (including phenoxy) is 1. The van der Waals surface area contributed by atoms with Crippen LogP contribution in [0.2, 0.25) is 0 Å². The molecule has 6 heteroatoms. The molecule has 6 rings (SSSR count). The summed E-state index contributed by atoms with van der Waals surface area (Å²) in [5, 5.41) is 24.9. The number of aliphatic hydroxyl groups excluding tert-OH is 1. The fourth-order valence-electron chi connectivity index (χ4n) is 6.36. The third kappa shape index (κ3) is 3.06. The summed E-state index contributed by atoms with van der Waals surface area (Å²) in [6.45, 7) is 1.87. The van der Waals surface area contributed by atoms with E-state index >= 15 is 0 Å². The maximum Gasteiger partial charge on any atom is 0.264 e. The van der Waals surface area contributed by atoms with Gasteiger partial charge in [-0.3, -0.25) is 9.69 Å². The summed E-state index contributed by atoms with van der Waals surface area (Å²) in [6.07, 6.45) is 1.27. The van der Waals surface area contributed by atoms with Gasteiger partial charge in [-0.1, -0.05) is 54.6 Å². The molecule has 1 aliphatic carbocycles. The van der Waals surface area contributed by atoms with Crippen molar-refractivity contribution in [1.29, 1.82) is 0 Å². The van der Waals surface area contributed by atoms with Gasteiger partial charge in [-0.25, -0.2) is 0 Å². The van der Waals surface area contributed by atoms with Crippen LogP contribution in [-0.4, -0.2) is 53.9 Å². The zero-order chi connectivity index (χ0) is 23.4. The first kappa shape index (κ1) is 21.7. The van der Waals surface area contributed by atoms with Crippen LogP contribution < -0.4 is 4.90 Å². The first-order valence-corrected chi connectivity index (χ1v) is 12.1. The van der Waals surface area contributed by atoms with Crippen molar-refractivity contribution in [3.63, 3.8) is 0 Å². The Kier molecular flexibility index (Phi) is 5.22. The first-order chi connectivity index (χ1) is 16.5. The molecule has 34 heavy (non-hydrogen) atoms. The highest BCUT2D eigenvalue weighted by Gasteiger charge is 2.51. The van der Waals surface area contributed by atoms with E-state index in [2.05, 4.69) is 29.2 Å². The number of hydrogen-bond acceptors (Lipinski definition) is 5. The van der Waals surface area contributed by atoms with Gasteiger partial charge in [0, 0.05) is 44.8 Å². The van der Waals surface area contributed by atoms with Crippen molar-refractivity contribution in [3.8, 4) is 0 Å². The summed E-state index contributed by atoms with van der Waals surface area (Å²) in [7, 11) is 1.58. The second-order valence-electron chi connectivity index (χ2n) is 9.74. The van der Waals surface area contributed by atoms with Gasteiger partial charge < -0.3 is 19.8 Å². The smallest absolute Gasteiger partial charge is 0.264 e. The Morgan fingerprint density at radius 1 is 1.00 bits per heavy atom. The van der Waals surface area contributed by atoms with Crippen molar-refractivity contribution < 1.29 is 19.7 Å². The SMILES string of the molecule is COCCC1(O)C(=O)N(C2CCN([C@H]3c4cccc5cccc(c45)C3O)CC2)c2ccccc21. The first-order valence-electron chi connectivity index (χ1n) is 12.1. The van der Waals surface area contributed by atoms with Gasteiger partial charge in [0.05, 0.1) is 17.8 Å². The number of anilines is 1. The van der Waals surface area contributed by atoms with Crippen LogP contribution in [-0.2, 0) is 15.1 Å². The topological polar surface area (TPSA) is 73.2 Å². The van der Waals surface area contributed by atoms with E-state index < -0.39 is 11.7 Å². The van der Waals surface area contributed by atoms with Crippen molar-refractivity contribution in [2.45, 2.75) is 43.1 Å². The van der Waals surface area contributed by atoms with E-state index in [-0.39, 0.29) is 24.4 Å². The minimum Gasteiger partial charge on any atom is -0.386 e. The van der Waals surface area contributed by atoms with Gasteiger partial charge in [-0.05, 0) is 40.8 Å². The van der Waals surface area contributed by atoms with Gasteiger partial charge in [-0.2, -0.15) is 0 Å². The van der Waals surface area contributed by atoms with Crippen molar-refractivity contribution in [2.75, 3.05) is 31.7 Å². The van der Waals surface area contributed by atoms with Crippen LogP contribution in [0.3, 0.4) is 0 Å². The summed E-state index contributed by atoms with van der Waals surface area (Å²) in [4.78, 5) is 17.7. The molecular weight excluding hydrogens is 428 g/mol. The molecule has 0 saturated carbocycles. The molecule has 0 bridgehead atoms. The normalized spacial score (nSPS) is 27.0. The Labute approximate surface area is 199 Å². The zero-order valence-electron chi connectivity index (χ0n) is 19.4. The molecule has 2 aliphatic heterocycles. The van der Waals surface area contributed by atoms with E-state index in [9.17, 15) is 15.0 Å². The Balaban J connectivity index is 1.24. The van der Waals surface area contributed by atoms with Crippen LogP contribution in [0.1, 0.15) is 48.1 Å². The van der Waals surface area contributed by atoms with Gasteiger partial charge in [0.25, 0.3) is 5.91 Å². The van der Waals surface area contributed by atoms with Crippen molar-refractivity contribution in [1.82, 2.24) is 4.90 Å². The molecule has 3 aromatic rings. The van der Waals surface area contributed by atoms with Crippen LogP contribution in [0, 0.1) is 0 Å². The number of carbonyl (C=O) groups excluding carboxylic acids is 1. The number of likely N-dealkylation sites (tertiary alicyclic amines) is 1. The number of nitrogens with zero attached hydrogens (tertiary/aromatic N) is 2. The number of fused-ring (bicyclic) bond motifs is 1. The molecule has 1 fully saturated rings. The highest BCUT2D eigenvalue weighted by atomic mass is 16.5. The molecule has 3 aromatic carbocycles. The van der Waals surface area contributed by atoms with Crippen LogP contribution in [0.25, 0.3) is 10.8 Å². The van der Waals surface area contributed by atoms with E-state index in [4.69, 9.17) is 4.74 Å². The lowest BCUT2D eigenvalue weighted by Gasteiger charge is -2.41. The molecule has 0 spiro atoms. The summed E-state index contributed by atoms with van der Waals surface area (Å²) >= 11 is 0. The molecule has 3 atom stereocenters.